The Kier molecular flexibility index (Phi) is 3.94. The Labute approximate surface area is 109 Å². The van der Waals surface area contributed by atoms with Crippen molar-refractivity contribution >= 4 is 5.97 Å². The minimum Gasteiger partial charge on any atom is -0.465 e. The van der Waals surface area contributed by atoms with E-state index in [1.165, 1.54) is 12.8 Å². The van der Waals surface area contributed by atoms with Gasteiger partial charge in [-0.1, -0.05) is 5.92 Å². The van der Waals surface area contributed by atoms with Gasteiger partial charge in [-0.15, -0.1) is 6.42 Å². The van der Waals surface area contributed by atoms with Crippen molar-refractivity contribution < 1.29 is 9.53 Å². The van der Waals surface area contributed by atoms with Crippen LogP contribution in [0, 0.1) is 12.3 Å². The normalized spacial score (nSPS) is 32.2. The molecule has 2 unspecified atom stereocenters. The first-order chi connectivity index (χ1) is 8.63. The van der Waals surface area contributed by atoms with Crippen molar-refractivity contribution in [1.82, 2.24) is 10.2 Å². The van der Waals surface area contributed by atoms with Crippen LogP contribution in [0.3, 0.4) is 0 Å². The Morgan fingerprint density at radius 2 is 2.33 bits per heavy atom. The lowest BCUT2D eigenvalue weighted by atomic mass is 9.96. The molecule has 0 bridgehead atoms. The lowest BCUT2D eigenvalue weighted by molar-refractivity contribution is -0.150. The standard InChI is InChI=1S/C14H22N2O2/c1-4-8-15-14(13(17)18-5-2)9-11(3)16(10-14)12-6-7-12/h1,11-12,15H,5-10H2,2-3H3. The number of nitrogens with one attached hydrogen (secondary N) is 1. The van der Waals surface area contributed by atoms with Crippen LogP contribution in [-0.2, 0) is 9.53 Å². The van der Waals surface area contributed by atoms with Gasteiger partial charge in [0.2, 0.25) is 0 Å². The molecule has 1 aliphatic heterocycles. The number of hydrogen-bond donors (Lipinski definition) is 1. The summed E-state index contributed by atoms with van der Waals surface area (Å²) in [6.45, 7) is 5.56. The Morgan fingerprint density at radius 1 is 1.61 bits per heavy atom. The summed E-state index contributed by atoms with van der Waals surface area (Å²) in [6.07, 6.45) is 8.58. The van der Waals surface area contributed by atoms with Gasteiger partial charge in [0.15, 0.2) is 0 Å². The molecule has 0 aromatic rings. The van der Waals surface area contributed by atoms with Gasteiger partial charge in [0.25, 0.3) is 0 Å². The highest BCUT2D eigenvalue weighted by Gasteiger charge is 2.51. The molecule has 1 N–H and O–H groups in total. The van der Waals surface area contributed by atoms with Crippen molar-refractivity contribution in [2.24, 2.45) is 0 Å². The second kappa shape index (κ2) is 5.29. The molecule has 2 atom stereocenters. The fourth-order valence-corrected chi connectivity index (χ4v) is 2.89. The van der Waals surface area contributed by atoms with Gasteiger partial charge in [-0.3, -0.25) is 10.2 Å². The molecule has 1 aliphatic carbocycles. The molecule has 2 fully saturated rings. The zero-order valence-electron chi connectivity index (χ0n) is 11.2. The number of esters is 1. The highest BCUT2D eigenvalue weighted by molar-refractivity contribution is 5.82. The van der Waals surface area contributed by atoms with Crippen molar-refractivity contribution in [3.05, 3.63) is 0 Å². The molecule has 1 saturated heterocycles. The van der Waals surface area contributed by atoms with E-state index in [9.17, 15) is 4.79 Å². The Bertz CT molecular complexity index is 359. The fraction of sp³-hybridized carbons (Fsp3) is 0.786. The van der Waals surface area contributed by atoms with Gasteiger partial charge in [-0.25, -0.2) is 4.79 Å². The maximum absolute atomic E-state index is 12.2. The molecule has 1 heterocycles. The van der Waals surface area contributed by atoms with Crippen LogP contribution in [0.15, 0.2) is 0 Å². The predicted molar refractivity (Wildman–Crippen MR) is 70.0 cm³/mol. The first-order valence-corrected chi connectivity index (χ1v) is 6.74. The number of hydrogen-bond acceptors (Lipinski definition) is 4. The lowest BCUT2D eigenvalue weighted by Gasteiger charge is -2.27. The molecule has 4 nitrogen and oxygen atoms in total. The fourth-order valence-electron chi connectivity index (χ4n) is 2.89. The molecular weight excluding hydrogens is 228 g/mol. The van der Waals surface area contributed by atoms with Crippen LogP contribution >= 0.6 is 0 Å². The van der Waals surface area contributed by atoms with E-state index in [1.54, 1.807) is 0 Å². The summed E-state index contributed by atoms with van der Waals surface area (Å²) in [5, 5.41) is 3.22. The Balaban J connectivity index is 2.10. The van der Waals surface area contributed by atoms with Crippen molar-refractivity contribution in [3.8, 4) is 12.3 Å². The summed E-state index contributed by atoms with van der Waals surface area (Å²) in [5.74, 6) is 2.40. The maximum atomic E-state index is 12.2. The molecule has 100 valence electrons. The van der Waals surface area contributed by atoms with E-state index in [-0.39, 0.29) is 5.97 Å². The summed E-state index contributed by atoms with van der Waals surface area (Å²) in [4.78, 5) is 14.6. The molecular formula is C14H22N2O2. The number of carbonyl (C=O) groups excluding carboxylic acids is 1. The predicted octanol–water partition coefficient (Wildman–Crippen LogP) is 0.768. The lowest BCUT2D eigenvalue weighted by Crippen LogP contribution is -2.55. The van der Waals surface area contributed by atoms with Gasteiger partial charge in [0, 0.05) is 18.6 Å². The smallest absolute Gasteiger partial charge is 0.327 e. The van der Waals surface area contributed by atoms with Crippen LogP contribution in [0.1, 0.15) is 33.1 Å². The van der Waals surface area contributed by atoms with Gasteiger partial charge < -0.3 is 4.74 Å². The third kappa shape index (κ3) is 2.52. The average molecular weight is 250 g/mol. The molecule has 0 aromatic carbocycles. The molecule has 1 saturated carbocycles. The van der Waals surface area contributed by atoms with E-state index in [0.29, 0.717) is 25.2 Å². The second-order valence-electron chi connectivity index (χ2n) is 5.32. The minimum atomic E-state index is -0.607. The van der Waals surface area contributed by atoms with Crippen LogP contribution in [0.2, 0.25) is 0 Å². The molecule has 0 radical (unpaired) electrons. The largest absolute Gasteiger partial charge is 0.465 e. The van der Waals surface area contributed by atoms with E-state index < -0.39 is 5.54 Å². The van der Waals surface area contributed by atoms with Crippen molar-refractivity contribution in [2.45, 2.75) is 50.7 Å². The number of likely N-dealkylation sites (tertiary alicyclic amines) is 1. The molecule has 4 heteroatoms. The van der Waals surface area contributed by atoms with Crippen molar-refractivity contribution in [3.63, 3.8) is 0 Å². The van der Waals surface area contributed by atoms with E-state index in [0.717, 1.165) is 13.0 Å². The van der Waals surface area contributed by atoms with Crippen molar-refractivity contribution in [2.75, 3.05) is 19.7 Å². The summed E-state index contributed by atoms with van der Waals surface area (Å²) in [5.41, 5.74) is -0.607. The molecule has 0 amide bonds. The quantitative estimate of drug-likeness (QED) is 0.578. The SMILES string of the molecule is C#CCNC1(C(=O)OCC)CC(C)N(C2CC2)C1. The average Bonchev–Trinajstić information content (AvgIpc) is 3.12. The number of nitrogens with zero attached hydrogens (tertiary/aromatic N) is 1. The molecule has 2 rings (SSSR count). The van der Waals surface area contributed by atoms with Crippen molar-refractivity contribution in [1.29, 1.82) is 0 Å². The first-order valence-electron chi connectivity index (χ1n) is 6.74. The number of carbonyl (C=O) groups is 1. The number of ether oxygens (including phenoxy) is 1. The number of terminal acetylenes is 1. The highest BCUT2D eigenvalue weighted by atomic mass is 16.5. The zero-order valence-corrected chi connectivity index (χ0v) is 11.2. The third-order valence-electron chi connectivity index (χ3n) is 3.87. The van der Waals surface area contributed by atoms with Crippen LogP contribution in [-0.4, -0.2) is 48.2 Å². The van der Waals surface area contributed by atoms with Crippen LogP contribution in [0.4, 0.5) is 0 Å². The van der Waals surface area contributed by atoms with Crippen LogP contribution in [0.5, 0.6) is 0 Å². The zero-order chi connectivity index (χ0) is 13.2. The van der Waals surface area contributed by atoms with E-state index in [2.05, 4.69) is 23.1 Å². The van der Waals surface area contributed by atoms with Gasteiger partial charge in [0.1, 0.15) is 5.54 Å². The van der Waals surface area contributed by atoms with Crippen LogP contribution < -0.4 is 5.32 Å². The van der Waals surface area contributed by atoms with Gasteiger partial charge >= 0.3 is 5.97 Å². The van der Waals surface area contributed by atoms with Crippen LogP contribution in [0.25, 0.3) is 0 Å². The first kappa shape index (κ1) is 13.4. The summed E-state index contributed by atoms with van der Waals surface area (Å²) in [6, 6.07) is 1.07. The van der Waals surface area contributed by atoms with E-state index >= 15 is 0 Å². The Morgan fingerprint density at radius 3 is 2.89 bits per heavy atom. The highest BCUT2D eigenvalue weighted by Crippen LogP contribution is 2.37. The minimum absolute atomic E-state index is 0.157. The Hall–Kier alpha value is -1.05. The molecule has 0 spiro atoms. The summed E-state index contributed by atoms with van der Waals surface area (Å²) in [7, 11) is 0. The van der Waals surface area contributed by atoms with E-state index in [1.807, 2.05) is 6.92 Å². The van der Waals surface area contributed by atoms with Gasteiger partial charge in [0.05, 0.1) is 13.2 Å². The maximum Gasteiger partial charge on any atom is 0.327 e. The van der Waals surface area contributed by atoms with Gasteiger partial charge in [-0.2, -0.15) is 0 Å². The van der Waals surface area contributed by atoms with Gasteiger partial charge in [-0.05, 0) is 33.1 Å². The third-order valence-corrected chi connectivity index (χ3v) is 3.87. The topological polar surface area (TPSA) is 41.6 Å². The number of rotatable bonds is 5. The summed E-state index contributed by atoms with van der Waals surface area (Å²) < 4.78 is 5.23. The second-order valence-corrected chi connectivity index (χ2v) is 5.32. The summed E-state index contributed by atoms with van der Waals surface area (Å²) >= 11 is 0. The molecule has 0 aromatic heterocycles. The molecule has 18 heavy (non-hydrogen) atoms. The monoisotopic (exact) mass is 250 g/mol. The molecule has 2 aliphatic rings. The van der Waals surface area contributed by atoms with E-state index in [4.69, 9.17) is 11.2 Å².